The van der Waals surface area contributed by atoms with E-state index in [4.69, 9.17) is 0 Å². The maximum atomic E-state index is 12.8. The van der Waals surface area contributed by atoms with Crippen LogP contribution in [-0.4, -0.2) is 19.3 Å². The third-order valence-corrected chi connectivity index (χ3v) is 3.06. The van der Waals surface area contributed by atoms with E-state index in [0.717, 1.165) is 30.0 Å². The third kappa shape index (κ3) is 4.62. The van der Waals surface area contributed by atoms with Crippen molar-refractivity contribution in [2.75, 3.05) is 19.3 Å². The molecule has 4 heteroatoms. The summed E-state index contributed by atoms with van der Waals surface area (Å²) in [5, 5.41) is 3.06. The van der Waals surface area contributed by atoms with Crippen molar-refractivity contribution in [3.63, 3.8) is 0 Å². The van der Waals surface area contributed by atoms with Gasteiger partial charge in [0.15, 0.2) is 11.6 Å². The molecular weight excluding hydrogens is 216 g/mol. The van der Waals surface area contributed by atoms with Gasteiger partial charge >= 0.3 is 0 Å². The standard InChI is InChI=1S/C11H15F2NS/c1-14-6-2-3-7-15-9-4-5-10(12)11(13)8-9/h4-5,8,14H,2-3,6-7H2,1H3. The summed E-state index contributed by atoms with van der Waals surface area (Å²) in [4.78, 5) is 0.790. The lowest BCUT2D eigenvalue weighted by Gasteiger charge is -2.02. The molecule has 0 aliphatic heterocycles. The van der Waals surface area contributed by atoms with E-state index >= 15 is 0 Å². The SMILES string of the molecule is CNCCCCSc1ccc(F)c(F)c1. The molecule has 0 amide bonds. The summed E-state index contributed by atoms with van der Waals surface area (Å²) in [6.07, 6.45) is 2.18. The Morgan fingerprint density at radius 3 is 2.67 bits per heavy atom. The van der Waals surface area contributed by atoms with Gasteiger partial charge in [0.1, 0.15) is 0 Å². The second-order valence-electron chi connectivity index (χ2n) is 3.24. The Balaban J connectivity index is 2.28. The first-order valence-electron chi connectivity index (χ1n) is 4.96. The number of rotatable bonds is 6. The van der Waals surface area contributed by atoms with Crippen molar-refractivity contribution in [2.24, 2.45) is 0 Å². The molecule has 0 saturated heterocycles. The lowest BCUT2D eigenvalue weighted by atomic mass is 10.3. The van der Waals surface area contributed by atoms with Gasteiger partial charge in [-0.3, -0.25) is 0 Å². The maximum absolute atomic E-state index is 12.8. The molecule has 1 rings (SSSR count). The molecule has 1 N–H and O–H groups in total. The smallest absolute Gasteiger partial charge is 0.159 e. The summed E-state index contributed by atoms with van der Waals surface area (Å²) in [6, 6.07) is 4.03. The monoisotopic (exact) mass is 231 g/mol. The molecule has 15 heavy (non-hydrogen) atoms. The van der Waals surface area contributed by atoms with E-state index in [1.54, 1.807) is 17.8 Å². The Morgan fingerprint density at radius 2 is 2.00 bits per heavy atom. The number of hydrogen-bond donors (Lipinski definition) is 1. The van der Waals surface area contributed by atoms with Crippen molar-refractivity contribution in [2.45, 2.75) is 17.7 Å². The third-order valence-electron chi connectivity index (χ3n) is 1.98. The molecule has 0 saturated carbocycles. The van der Waals surface area contributed by atoms with Crippen LogP contribution in [0.5, 0.6) is 0 Å². The van der Waals surface area contributed by atoms with E-state index in [-0.39, 0.29) is 0 Å². The van der Waals surface area contributed by atoms with Gasteiger partial charge in [-0.1, -0.05) is 0 Å². The van der Waals surface area contributed by atoms with Crippen molar-refractivity contribution in [1.82, 2.24) is 5.32 Å². The summed E-state index contributed by atoms with van der Waals surface area (Å²) in [5.74, 6) is -0.614. The van der Waals surface area contributed by atoms with Gasteiger partial charge in [-0.15, -0.1) is 11.8 Å². The Hall–Kier alpha value is -0.610. The van der Waals surface area contributed by atoms with Crippen molar-refractivity contribution in [1.29, 1.82) is 0 Å². The van der Waals surface area contributed by atoms with Gasteiger partial charge < -0.3 is 5.32 Å². The Kier molecular flexibility index (Phi) is 5.65. The summed E-state index contributed by atoms with van der Waals surface area (Å²) in [5.41, 5.74) is 0. The Labute approximate surface area is 93.3 Å². The van der Waals surface area contributed by atoms with E-state index in [1.807, 2.05) is 7.05 Å². The number of benzene rings is 1. The second-order valence-corrected chi connectivity index (χ2v) is 4.40. The molecule has 84 valence electrons. The molecule has 0 aliphatic carbocycles. The van der Waals surface area contributed by atoms with Crippen molar-refractivity contribution in [3.8, 4) is 0 Å². The lowest BCUT2D eigenvalue weighted by Crippen LogP contribution is -2.07. The average molecular weight is 231 g/mol. The predicted octanol–water partition coefficient (Wildman–Crippen LogP) is 3.06. The fourth-order valence-corrected chi connectivity index (χ4v) is 2.10. The molecular formula is C11H15F2NS. The normalized spacial score (nSPS) is 10.6. The van der Waals surface area contributed by atoms with Crippen LogP contribution in [0.4, 0.5) is 8.78 Å². The predicted molar refractivity (Wildman–Crippen MR) is 60.2 cm³/mol. The molecule has 0 heterocycles. The van der Waals surface area contributed by atoms with Gasteiger partial charge in [0.2, 0.25) is 0 Å². The van der Waals surface area contributed by atoms with Crippen LogP contribution in [0.3, 0.4) is 0 Å². The summed E-state index contributed by atoms with van der Waals surface area (Å²) in [6.45, 7) is 0.998. The van der Waals surface area contributed by atoms with E-state index in [0.29, 0.717) is 0 Å². The molecule has 0 atom stereocenters. The Morgan fingerprint density at radius 1 is 1.20 bits per heavy atom. The summed E-state index contributed by atoms with van der Waals surface area (Å²) < 4.78 is 25.4. The Bertz CT molecular complexity index is 305. The largest absolute Gasteiger partial charge is 0.320 e. The van der Waals surface area contributed by atoms with Gasteiger partial charge in [-0.2, -0.15) is 0 Å². The highest BCUT2D eigenvalue weighted by Gasteiger charge is 2.02. The van der Waals surface area contributed by atoms with E-state index < -0.39 is 11.6 Å². The zero-order valence-corrected chi connectivity index (χ0v) is 9.54. The lowest BCUT2D eigenvalue weighted by molar-refractivity contribution is 0.506. The molecule has 0 radical (unpaired) electrons. The first kappa shape index (κ1) is 12.5. The van der Waals surface area contributed by atoms with Crippen LogP contribution in [0.1, 0.15) is 12.8 Å². The molecule has 0 aromatic heterocycles. The van der Waals surface area contributed by atoms with Crippen molar-refractivity contribution >= 4 is 11.8 Å². The van der Waals surface area contributed by atoms with Crippen LogP contribution < -0.4 is 5.32 Å². The van der Waals surface area contributed by atoms with E-state index in [1.165, 1.54) is 12.1 Å². The number of thioether (sulfide) groups is 1. The van der Waals surface area contributed by atoms with Gasteiger partial charge in [0.25, 0.3) is 0 Å². The second kappa shape index (κ2) is 6.80. The van der Waals surface area contributed by atoms with E-state index in [2.05, 4.69) is 5.32 Å². The highest BCUT2D eigenvalue weighted by atomic mass is 32.2. The molecule has 0 unspecified atom stereocenters. The first-order chi connectivity index (χ1) is 7.24. The fraction of sp³-hybridized carbons (Fsp3) is 0.455. The fourth-order valence-electron chi connectivity index (χ4n) is 1.16. The quantitative estimate of drug-likeness (QED) is 0.596. The number of unbranched alkanes of at least 4 members (excludes halogenated alkanes) is 1. The van der Waals surface area contributed by atoms with Gasteiger partial charge in [-0.05, 0) is 50.4 Å². The molecule has 0 aliphatic rings. The highest BCUT2D eigenvalue weighted by Crippen LogP contribution is 2.21. The molecule has 1 nitrogen and oxygen atoms in total. The first-order valence-corrected chi connectivity index (χ1v) is 5.95. The molecule has 1 aromatic carbocycles. The number of hydrogen-bond acceptors (Lipinski definition) is 2. The van der Waals surface area contributed by atoms with Crippen LogP contribution >= 0.6 is 11.8 Å². The van der Waals surface area contributed by atoms with Crippen LogP contribution in [0.15, 0.2) is 23.1 Å². The van der Waals surface area contributed by atoms with E-state index in [9.17, 15) is 8.78 Å². The van der Waals surface area contributed by atoms with Crippen LogP contribution in [0.2, 0.25) is 0 Å². The highest BCUT2D eigenvalue weighted by molar-refractivity contribution is 7.99. The molecule has 0 bridgehead atoms. The number of halogens is 2. The van der Waals surface area contributed by atoms with Crippen LogP contribution in [-0.2, 0) is 0 Å². The average Bonchev–Trinajstić information content (AvgIpc) is 2.23. The zero-order valence-electron chi connectivity index (χ0n) is 8.72. The van der Waals surface area contributed by atoms with Crippen molar-refractivity contribution < 1.29 is 8.78 Å². The topological polar surface area (TPSA) is 12.0 Å². The molecule has 0 spiro atoms. The van der Waals surface area contributed by atoms with Crippen LogP contribution in [0.25, 0.3) is 0 Å². The van der Waals surface area contributed by atoms with Gasteiger partial charge in [0.05, 0.1) is 0 Å². The minimum absolute atomic E-state index is 0.768. The van der Waals surface area contributed by atoms with Crippen molar-refractivity contribution in [3.05, 3.63) is 29.8 Å². The van der Waals surface area contributed by atoms with Gasteiger partial charge in [0, 0.05) is 4.90 Å². The number of nitrogens with one attached hydrogen (secondary N) is 1. The maximum Gasteiger partial charge on any atom is 0.159 e. The molecule has 0 fully saturated rings. The summed E-state index contributed by atoms with van der Waals surface area (Å²) >= 11 is 1.56. The molecule has 1 aromatic rings. The van der Waals surface area contributed by atoms with Crippen LogP contribution in [0, 0.1) is 11.6 Å². The zero-order chi connectivity index (χ0) is 11.1. The summed E-state index contributed by atoms with van der Waals surface area (Å²) in [7, 11) is 1.92. The minimum atomic E-state index is -0.783. The minimum Gasteiger partial charge on any atom is -0.320 e. The van der Waals surface area contributed by atoms with Gasteiger partial charge in [-0.25, -0.2) is 8.78 Å².